The van der Waals surface area contributed by atoms with E-state index in [9.17, 15) is 10.2 Å². The largest absolute Gasteiger partial charge is 0.504 e. The molecule has 1 aromatic rings. The third kappa shape index (κ3) is 6.12. The van der Waals surface area contributed by atoms with Crippen molar-refractivity contribution in [2.75, 3.05) is 20.1 Å². The van der Waals surface area contributed by atoms with Crippen LogP contribution >= 0.6 is 12.4 Å². The highest BCUT2D eigenvalue weighted by Gasteiger charge is 2.02. The number of halogens is 1. The molecule has 18 heavy (non-hydrogen) atoms. The maximum atomic E-state index is 9.38. The van der Waals surface area contributed by atoms with Gasteiger partial charge in [-0.25, -0.2) is 0 Å². The molecular formula is C14H24ClNO2. The van der Waals surface area contributed by atoms with E-state index in [1.54, 1.807) is 12.1 Å². The van der Waals surface area contributed by atoms with Crippen molar-refractivity contribution in [3.05, 3.63) is 23.8 Å². The molecule has 0 aliphatic carbocycles. The normalized spacial score (nSPS) is 10.4. The second-order valence-electron chi connectivity index (χ2n) is 4.58. The number of aromatic hydroxyl groups is 2. The monoisotopic (exact) mass is 273 g/mol. The molecule has 0 aliphatic heterocycles. The fourth-order valence-corrected chi connectivity index (χ4v) is 1.79. The average molecular weight is 274 g/mol. The number of hydrogen-bond acceptors (Lipinski definition) is 3. The lowest BCUT2D eigenvalue weighted by molar-refractivity contribution is 0.329. The van der Waals surface area contributed by atoms with Crippen molar-refractivity contribution in [1.82, 2.24) is 4.90 Å². The van der Waals surface area contributed by atoms with Crippen molar-refractivity contribution in [2.45, 2.75) is 32.6 Å². The van der Waals surface area contributed by atoms with Gasteiger partial charge in [-0.05, 0) is 44.1 Å². The Morgan fingerprint density at radius 1 is 1.06 bits per heavy atom. The highest BCUT2D eigenvalue weighted by molar-refractivity contribution is 5.85. The zero-order chi connectivity index (χ0) is 12.7. The molecule has 104 valence electrons. The minimum absolute atomic E-state index is 0. The second-order valence-corrected chi connectivity index (χ2v) is 4.58. The van der Waals surface area contributed by atoms with E-state index in [4.69, 9.17) is 0 Å². The Kier molecular flexibility index (Phi) is 8.59. The van der Waals surface area contributed by atoms with Crippen molar-refractivity contribution in [2.24, 2.45) is 0 Å². The Labute approximate surface area is 116 Å². The van der Waals surface area contributed by atoms with Crippen LogP contribution in [-0.2, 0) is 6.42 Å². The first-order valence-electron chi connectivity index (χ1n) is 6.33. The van der Waals surface area contributed by atoms with Gasteiger partial charge in [0.25, 0.3) is 0 Å². The molecule has 0 amide bonds. The number of rotatable bonds is 7. The summed E-state index contributed by atoms with van der Waals surface area (Å²) >= 11 is 0. The molecule has 3 nitrogen and oxygen atoms in total. The molecule has 0 saturated carbocycles. The van der Waals surface area contributed by atoms with Gasteiger partial charge in [0, 0.05) is 6.54 Å². The maximum Gasteiger partial charge on any atom is 0.157 e. The second kappa shape index (κ2) is 9.06. The molecular weight excluding hydrogens is 250 g/mol. The van der Waals surface area contributed by atoms with Crippen molar-refractivity contribution in [3.8, 4) is 11.5 Å². The minimum atomic E-state index is -0.0509. The summed E-state index contributed by atoms with van der Waals surface area (Å²) in [7, 11) is 2.12. The van der Waals surface area contributed by atoms with Crippen LogP contribution in [0.15, 0.2) is 18.2 Å². The van der Waals surface area contributed by atoms with Crippen LogP contribution in [0.3, 0.4) is 0 Å². The third-order valence-electron chi connectivity index (χ3n) is 2.97. The van der Waals surface area contributed by atoms with E-state index >= 15 is 0 Å². The zero-order valence-electron chi connectivity index (χ0n) is 11.2. The van der Waals surface area contributed by atoms with Crippen LogP contribution in [0.25, 0.3) is 0 Å². The Balaban J connectivity index is 0.00000289. The molecule has 2 N–H and O–H groups in total. The van der Waals surface area contributed by atoms with Crippen molar-refractivity contribution >= 4 is 12.4 Å². The lowest BCUT2D eigenvalue weighted by Gasteiger charge is -2.16. The lowest BCUT2D eigenvalue weighted by Crippen LogP contribution is -2.22. The number of phenolic OH excluding ortho intramolecular Hbond substituents is 2. The van der Waals surface area contributed by atoms with E-state index in [1.165, 1.54) is 19.3 Å². The summed E-state index contributed by atoms with van der Waals surface area (Å²) in [4.78, 5) is 2.31. The van der Waals surface area contributed by atoms with Gasteiger partial charge < -0.3 is 15.1 Å². The predicted molar refractivity (Wildman–Crippen MR) is 77.7 cm³/mol. The van der Waals surface area contributed by atoms with E-state index in [0.717, 1.165) is 25.1 Å². The molecule has 0 saturated heterocycles. The molecule has 0 atom stereocenters. The number of benzene rings is 1. The third-order valence-corrected chi connectivity index (χ3v) is 2.97. The fourth-order valence-electron chi connectivity index (χ4n) is 1.79. The van der Waals surface area contributed by atoms with Crippen molar-refractivity contribution in [3.63, 3.8) is 0 Å². The smallest absolute Gasteiger partial charge is 0.157 e. The van der Waals surface area contributed by atoms with Gasteiger partial charge >= 0.3 is 0 Å². The van der Waals surface area contributed by atoms with Crippen molar-refractivity contribution in [1.29, 1.82) is 0 Å². The van der Waals surface area contributed by atoms with Crippen LogP contribution in [0.2, 0.25) is 0 Å². The SMILES string of the molecule is CCCCCN(C)CCc1ccc(O)c(O)c1.Cl. The molecule has 0 fully saturated rings. The molecule has 1 rings (SSSR count). The average Bonchev–Trinajstić information content (AvgIpc) is 2.31. The first kappa shape index (κ1) is 17.1. The summed E-state index contributed by atoms with van der Waals surface area (Å²) in [6.45, 7) is 4.31. The molecule has 0 heterocycles. The lowest BCUT2D eigenvalue weighted by atomic mass is 10.1. The summed E-state index contributed by atoms with van der Waals surface area (Å²) in [6, 6.07) is 5.03. The van der Waals surface area contributed by atoms with Crippen LogP contribution in [0.5, 0.6) is 11.5 Å². The van der Waals surface area contributed by atoms with E-state index in [1.807, 2.05) is 6.07 Å². The van der Waals surface area contributed by atoms with Crippen LogP contribution in [0, 0.1) is 0 Å². The van der Waals surface area contributed by atoms with Gasteiger partial charge in [0.2, 0.25) is 0 Å². The highest BCUT2D eigenvalue weighted by atomic mass is 35.5. The molecule has 0 aromatic heterocycles. The fraction of sp³-hybridized carbons (Fsp3) is 0.571. The Hall–Kier alpha value is -0.930. The van der Waals surface area contributed by atoms with Gasteiger partial charge in [-0.3, -0.25) is 0 Å². The summed E-state index contributed by atoms with van der Waals surface area (Å²) in [5, 5.41) is 18.6. The van der Waals surface area contributed by atoms with Crippen LogP contribution in [0.4, 0.5) is 0 Å². The number of phenols is 2. The predicted octanol–water partition coefficient (Wildman–Crippen LogP) is 3.18. The number of nitrogens with zero attached hydrogens (tertiary/aromatic N) is 1. The van der Waals surface area contributed by atoms with Gasteiger partial charge in [-0.2, -0.15) is 0 Å². The van der Waals surface area contributed by atoms with Gasteiger partial charge in [0.15, 0.2) is 11.5 Å². The first-order chi connectivity index (χ1) is 8.13. The highest BCUT2D eigenvalue weighted by Crippen LogP contribution is 2.24. The van der Waals surface area contributed by atoms with E-state index < -0.39 is 0 Å². The van der Waals surface area contributed by atoms with Gasteiger partial charge in [0.05, 0.1) is 0 Å². The number of unbranched alkanes of at least 4 members (excludes halogenated alkanes) is 2. The summed E-state index contributed by atoms with van der Waals surface area (Å²) in [5.41, 5.74) is 1.06. The molecule has 0 bridgehead atoms. The number of likely N-dealkylation sites (N-methyl/N-ethyl adjacent to an activating group) is 1. The van der Waals surface area contributed by atoms with E-state index in [-0.39, 0.29) is 23.9 Å². The standard InChI is InChI=1S/C14H23NO2.ClH/c1-3-4-5-9-15(2)10-8-12-6-7-13(16)14(17)11-12;/h6-7,11,16-17H,3-5,8-10H2,1-2H3;1H. The minimum Gasteiger partial charge on any atom is -0.504 e. The van der Waals surface area contributed by atoms with Crippen molar-refractivity contribution < 1.29 is 10.2 Å². The zero-order valence-corrected chi connectivity index (χ0v) is 12.0. The first-order valence-corrected chi connectivity index (χ1v) is 6.33. The Bertz CT molecular complexity index is 345. The maximum absolute atomic E-state index is 9.38. The van der Waals surface area contributed by atoms with E-state index in [0.29, 0.717) is 0 Å². The van der Waals surface area contributed by atoms with Gasteiger partial charge in [0.1, 0.15) is 0 Å². The summed E-state index contributed by atoms with van der Waals surface area (Å²) in [6.07, 6.45) is 4.67. The molecule has 1 aromatic carbocycles. The quantitative estimate of drug-likeness (QED) is 0.592. The summed E-state index contributed by atoms with van der Waals surface area (Å²) in [5.74, 6) is -0.0822. The molecule has 0 radical (unpaired) electrons. The summed E-state index contributed by atoms with van der Waals surface area (Å²) < 4.78 is 0. The molecule has 0 aliphatic rings. The van der Waals surface area contributed by atoms with Crippen LogP contribution < -0.4 is 0 Å². The molecule has 0 spiro atoms. The number of hydrogen-bond donors (Lipinski definition) is 2. The molecule has 4 heteroatoms. The van der Waals surface area contributed by atoms with Gasteiger partial charge in [-0.15, -0.1) is 12.4 Å². The molecule has 0 unspecified atom stereocenters. The van der Waals surface area contributed by atoms with Crippen LogP contribution in [0.1, 0.15) is 31.7 Å². The Morgan fingerprint density at radius 2 is 1.78 bits per heavy atom. The van der Waals surface area contributed by atoms with E-state index in [2.05, 4.69) is 18.9 Å². The van der Waals surface area contributed by atoms with Crippen LogP contribution in [-0.4, -0.2) is 35.3 Å². The van der Waals surface area contributed by atoms with Gasteiger partial charge in [-0.1, -0.05) is 25.8 Å². The topological polar surface area (TPSA) is 43.7 Å². The Morgan fingerprint density at radius 3 is 2.39 bits per heavy atom.